The molecule has 78 valence electrons. The topological polar surface area (TPSA) is 54.4 Å². The monoisotopic (exact) mass is 196 g/mol. The number of carbonyl (C=O) groups excluding carboxylic acids is 1. The van der Waals surface area contributed by atoms with Crippen molar-refractivity contribution in [1.82, 2.24) is 0 Å². The van der Waals surface area contributed by atoms with E-state index in [2.05, 4.69) is 13.8 Å². The van der Waals surface area contributed by atoms with Crippen molar-refractivity contribution in [3.05, 3.63) is 0 Å². The lowest BCUT2D eigenvalue weighted by Gasteiger charge is -2.24. The Labute approximate surface area is 83.5 Å². The fraction of sp³-hybridized carbons (Fsp3) is 0.818. The predicted octanol–water partition coefficient (Wildman–Crippen LogP) is 1.71. The molecule has 0 aliphatic heterocycles. The van der Waals surface area contributed by atoms with E-state index < -0.39 is 11.9 Å². The van der Waals surface area contributed by atoms with Gasteiger partial charge in [0.1, 0.15) is 5.78 Å². The van der Waals surface area contributed by atoms with Gasteiger partial charge in [0.25, 0.3) is 0 Å². The molecule has 0 amide bonds. The standard InChI is InChI=1S/C11H16O3/c1-11(2)5-6(10(13)14)9-7(11)3-4-8(9)12/h6-7,9H,3-5H2,1-2H3,(H,13,14)/t6-,7-,9-/m0/s1. The lowest BCUT2D eigenvalue weighted by molar-refractivity contribution is -0.145. The van der Waals surface area contributed by atoms with Crippen LogP contribution >= 0.6 is 0 Å². The molecular weight excluding hydrogens is 180 g/mol. The van der Waals surface area contributed by atoms with Gasteiger partial charge in [-0.15, -0.1) is 0 Å². The Bertz CT molecular complexity index is 293. The zero-order valence-corrected chi connectivity index (χ0v) is 8.62. The highest BCUT2D eigenvalue weighted by Gasteiger charge is 2.56. The predicted molar refractivity (Wildman–Crippen MR) is 50.7 cm³/mol. The third-order valence-electron chi connectivity index (χ3n) is 4.01. The van der Waals surface area contributed by atoms with Crippen LogP contribution in [0.3, 0.4) is 0 Å². The molecule has 0 spiro atoms. The van der Waals surface area contributed by atoms with E-state index in [4.69, 9.17) is 5.11 Å². The first-order valence-corrected chi connectivity index (χ1v) is 5.19. The Hall–Kier alpha value is -0.860. The number of carboxylic acids is 1. The van der Waals surface area contributed by atoms with E-state index in [1.807, 2.05) is 0 Å². The average Bonchev–Trinajstić information content (AvgIpc) is 2.54. The van der Waals surface area contributed by atoms with E-state index in [-0.39, 0.29) is 17.1 Å². The van der Waals surface area contributed by atoms with Gasteiger partial charge >= 0.3 is 5.97 Å². The van der Waals surface area contributed by atoms with Crippen LogP contribution < -0.4 is 0 Å². The first kappa shape index (κ1) is 9.69. The average molecular weight is 196 g/mol. The molecule has 0 unspecified atom stereocenters. The number of carboxylic acid groups (broad SMARTS) is 1. The fourth-order valence-corrected chi connectivity index (χ4v) is 3.34. The van der Waals surface area contributed by atoms with Crippen molar-refractivity contribution < 1.29 is 14.7 Å². The van der Waals surface area contributed by atoms with E-state index in [0.29, 0.717) is 18.8 Å². The van der Waals surface area contributed by atoms with E-state index in [1.54, 1.807) is 0 Å². The second-order valence-corrected chi connectivity index (χ2v) is 5.27. The second kappa shape index (κ2) is 2.81. The molecular formula is C11H16O3. The van der Waals surface area contributed by atoms with E-state index in [1.165, 1.54) is 0 Å². The van der Waals surface area contributed by atoms with Crippen LogP contribution in [0.25, 0.3) is 0 Å². The van der Waals surface area contributed by atoms with Gasteiger partial charge in [0.05, 0.1) is 5.92 Å². The number of rotatable bonds is 1. The SMILES string of the molecule is CC1(C)C[C@H](C(=O)O)[C@@H]2C(=O)CC[C@@H]21. The Kier molecular flexibility index (Phi) is 1.95. The van der Waals surface area contributed by atoms with Gasteiger partial charge in [-0.2, -0.15) is 0 Å². The van der Waals surface area contributed by atoms with E-state index in [0.717, 1.165) is 6.42 Å². The van der Waals surface area contributed by atoms with Crippen LogP contribution in [0.15, 0.2) is 0 Å². The highest BCUT2D eigenvalue weighted by Crippen LogP contribution is 2.55. The molecule has 1 N–H and O–H groups in total. The quantitative estimate of drug-likeness (QED) is 0.694. The maximum absolute atomic E-state index is 11.6. The Morgan fingerprint density at radius 3 is 2.71 bits per heavy atom. The smallest absolute Gasteiger partial charge is 0.307 e. The van der Waals surface area contributed by atoms with Crippen molar-refractivity contribution in [3.63, 3.8) is 0 Å². The van der Waals surface area contributed by atoms with Gasteiger partial charge in [-0.1, -0.05) is 13.8 Å². The largest absolute Gasteiger partial charge is 0.481 e. The minimum absolute atomic E-state index is 0.0277. The summed E-state index contributed by atoms with van der Waals surface area (Å²) >= 11 is 0. The molecule has 0 bridgehead atoms. The van der Waals surface area contributed by atoms with Crippen molar-refractivity contribution >= 4 is 11.8 Å². The van der Waals surface area contributed by atoms with Gasteiger partial charge in [0.2, 0.25) is 0 Å². The van der Waals surface area contributed by atoms with Gasteiger partial charge in [0.15, 0.2) is 0 Å². The number of ketones is 1. The minimum Gasteiger partial charge on any atom is -0.481 e. The van der Waals surface area contributed by atoms with Crippen molar-refractivity contribution in [1.29, 1.82) is 0 Å². The van der Waals surface area contributed by atoms with Crippen molar-refractivity contribution in [2.45, 2.75) is 33.1 Å². The van der Waals surface area contributed by atoms with Crippen molar-refractivity contribution in [3.8, 4) is 0 Å². The summed E-state index contributed by atoms with van der Waals surface area (Å²) in [5, 5.41) is 9.06. The summed E-state index contributed by atoms with van der Waals surface area (Å²) < 4.78 is 0. The lowest BCUT2D eigenvalue weighted by atomic mass is 9.80. The summed E-state index contributed by atoms with van der Waals surface area (Å²) in [5.74, 6) is -0.933. The van der Waals surface area contributed by atoms with Crippen LogP contribution in [-0.2, 0) is 9.59 Å². The molecule has 0 heterocycles. The Morgan fingerprint density at radius 2 is 2.14 bits per heavy atom. The molecule has 0 radical (unpaired) electrons. The summed E-state index contributed by atoms with van der Waals surface area (Å²) in [7, 11) is 0. The zero-order valence-electron chi connectivity index (χ0n) is 8.62. The summed E-state index contributed by atoms with van der Waals surface area (Å²) in [5.41, 5.74) is 0.0277. The minimum atomic E-state index is -0.791. The maximum Gasteiger partial charge on any atom is 0.307 e. The zero-order chi connectivity index (χ0) is 10.5. The molecule has 2 aliphatic rings. The Morgan fingerprint density at radius 1 is 1.50 bits per heavy atom. The first-order chi connectivity index (χ1) is 6.43. The molecule has 0 aromatic rings. The number of fused-ring (bicyclic) bond motifs is 1. The summed E-state index contributed by atoms with van der Waals surface area (Å²) in [4.78, 5) is 22.6. The van der Waals surface area contributed by atoms with E-state index in [9.17, 15) is 9.59 Å². The highest BCUT2D eigenvalue weighted by atomic mass is 16.4. The molecule has 2 rings (SSSR count). The maximum atomic E-state index is 11.6. The fourth-order valence-electron chi connectivity index (χ4n) is 3.34. The second-order valence-electron chi connectivity index (χ2n) is 5.27. The molecule has 2 aliphatic carbocycles. The molecule has 14 heavy (non-hydrogen) atoms. The van der Waals surface area contributed by atoms with E-state index >= 15 is 0 Å². The Balaban J connectivity index is 2.32. The van der Waals surface area contributed by atoms with Crippen LogP contribution in [0, 0.1) is 23.2 Å². The summed E-state index contributed by atoms with van der Waals surface area (Å²) in [6.07, 6.45) is 2.13. The normalized spacial score (nSPS) is 39.9. The van der Waals surface area contributed by atoms with Gasteiger partial charge in [-0.05, 0) is 24.2 Å². The van der Waals surface area contributed by atoms with Gasteiger partial charge in [-0.3, -0.25) is 9.59 Å². The summed E-state index contributed by atoms with van der Waals surface area (Å²) in [6, 6.07) is 0. The highest BCUT2D eigenvalue weighted by molar-refractivity contribution is 5.89. The molecule has 2 fully saturated rings. The van der Waals surface area contributed by atoms with Gasteiger partial charge < -0.3 is 5.11 Å². The van der Waals surface area contributed by atoms with Crippen LogP contribution in [0.4, 0.5) is 0 Å². The molecule has 0 saturated heterocycles. The van der Waals surface area contributed by atoms with Gasteiger partial charge in [0, 0.05) is 12.3 Å². The number of carbonyl (C=O) groups is 2. The molecule has 0 aromatic carbocycles. The molecule has 0 aromatic heterocycles. The third kappa shape index (κ3) is 1.18. The first-order valence-electron chi connectivity index (χ1n) is 5.19. The van der Waals surface area contributed by atoms with Gasteiger partial charge in [-0.25, -0.2) is 0 Å². The molecule has 3 atom stereocenters. The number of hydrogen-bond donors (Lipinski definition) is 1. The summed E-state index contributed by atoms with van der Waals surface area (Å²) in [6.45, 7) is 4.18. The number of aliphatic carboxylic acids is 1. The van der Waals surface area contributed by atoms with Crippen LogP contribution in [0.5, 0.6) is 0 Å². The van der Waals surface area contributed by atoms with Crippen LogP contribution in [0.1, 0.15) is 33.1 Å². The lowest BCUT2D eigenvalue weighted by Crippen LogP contribution is -2.24. The molecule has 3 heteroatoms. The number of Topliss-reactive ketones (excluding diaryl/α,β-unsaturated/α-hetero) is 1. The van der Waals surface area contributed by atoms with Crippen molar-refractivity contribution in [2.75, 3.05) is 0 Å². The van der Waals surface area contributed by atoms with Crippen LogP contribution in [0.2, 0.25) is 0 Å². The molecule has 3 nitrogen and oxygen atoms in total. The number of hydrogen-bond acceptors (Lipinski definition) is 2. The van der Waals surface area contributed by atoms with Crippen molar-refractivity contribution in [2.24, 2.45) is 23.2 Å². The third-order valence-corrected chi connectivity index (χ3v) is 4.01. The molecule has 2 saturated carbocycles. The van der Waals surface area contributed by atoms with Crippen LogP contribution in [-0.4, -0.2) is 16.9 Å².